The number of amides is 1. The van der Waals surface area contributed by atoms with Gasteiger partial charge < -0.3 is 16.0 Å². The molecule has 5 heteroatoms. The number of nitrogens with two attached hydrogens (primary N) is 1. The van der Waals surface area contributed by atoms with Gasteiger partial charge in [-0.15, -0.1) is 0 Å². The summed E-state index contributed by atoms with van der Waals surface area (Å²) in [6.45, 7) is 1.08. The molecule has 1 rings (SSSR count). The van der Waals surface area contributed by atoms with Crippen LogP contribution in [0.15, 0.2) is 18.2 Å². The molecule has 0 bridgehead atoms. The molecule has 0 saturated carbocycles. The van der Waals surface area contributed by atoms with E-state index in [2.05, 4.69) is 5.32 Å². The Hall–Kier alpha value is -1.26. The lowest BCUT2D eigenvalue weighted by Gasteiger charge is -2.19. The molecule has 0 aromatic heterocycles. The second kappa shape index (κ2) is 6.47. The molecule has 0 aliphatic carbocycles. The fourth-order valence-electron chi connectivity index (χ4n) is 1.46. The van der Waals surface area contributed by atoms with Gasteiger partial charge in [0.1, 0.15) is 0 Å². The normalized spacial score (nSPS) is 10.1. The molecule has 94 valence electrons. The first-order chi connectivity index (χ1) is 8.08. The van der Waals surface area contributed by atoms with Gasteiger partial charge in [0.25, 0.3) is 0 Å². The average molecular weight is 256 g/mol. The van der Waals surface area contributed by atoms with Gasteiger partial charge in [0, 0.05) is 44.3 Å². The fourth-order valence-corrected chi connectivity index (χ4v) is 1.71. The number of rotatable bonds is 5. The van der Waals surface area contributed by atoms with E-state index in [0.29, 0.717) is 24.5 Å². The van der Waals surface area contributed by atoms with Crippen molar-refractivity contribution in [1.82, 2.24) is 5.32 Å². The number of carbonyl (C=O) groups is 1. The third-order valence-electron chi connectivity index (χ3n) is 2.65. The number of benzene rings is 1. The van der Waals surface area contributed by atoms with E-state index in [4.69, 9.17) is 17.3 Å². The molecule has 0 spiro atoms. The lowest BCUT2D eigenvalue weighted by Crippen LogP contribution is -2.26. The number of nitrogens with zero attached hydrogens (tertiary/aromatic N) is 1. The van der Waals surface area contributed by atoms with Crippen LogP contribution in [0.25, 0.3) is 0 Å². The zero-order chi connectivity index (χ0) is 12.8. The van der Waals surface area contributed by atoms with E-state index in [0.717, 1.165) is 11.3 Å². The molecule has 0 heterocycles. The van der Waals surface area contributed by atoms with E-state index in [1.165, 1.54) is 0 Å². The summed E-state index contributed by atoms with van der Waals surface area (Å²) in [6.07, 6.45) is 0.462. The number of hydrogen-bond acceptors (Lipinski definition) is 3. The Balaban J connectivity index is 2.66. The summed E-state index contributed by atoms with van der Waals surface area (Å²) in [5, 5.41) is 3.26. The summed E-state index contributed by atoms with van der Waals surface area (Å²) in [6, 6.07) is 5.74. The van der Waals surface area contributed by atoms with E-state index in [9.17, 15) is 4.79 Å². The molecule has 0 radical (unpaired) electrons. The molecule has 0 saturated heterocycles. The molecule has 0 unspecified atom stereocenters. The zero-order valence-corrected chi connectivity index (χ0v) is 10.9. The van der Waals surface area contributed by atoms with Crippen LogP contribution in [0.2, 0.25) is 5.02 Å². The molecular formula is C12H18ClN3O. The predicted molar refractivity (Wildman–Crippen MR) is 71.3 cm³/mol. The summed E-state index contributed by atoms with van der Waals surface area (Å²) in [4.78, 5) is 13.1. The minimum atomic E-state index is 0.0292. The highest BCUT2D eigenvalue weighted by Gasteiger charge is 2.06. The van der Waals surface area contributed by atoms with Crippen molar-refractivity contribution in [2.45, 2.75) is 13.0 Å². The number of hydrogen-bond donors (Lipinski definition) is 2. The first-order valence-corrected chi connectivity index (χ1v) is 5.86. The number of carbonyl (C=O) groups excluding carboxylic acids is 1. The molecule has 1 aromatic rings. The fraction of sp³-hybridized carbons (Fsp3) is 0.417. The Labute approximate surface area is 107 Å². The van der Waals surface area contributed by atoms with Crippen LogP contribution in [0.4, 0.5) is 5.69 Å². The van der Waals surface area contributed by atoms with Crippen molar-refractivity contribution in [2.24, 2.45) is 5.73 Å². The maximum Gasteiger partial charge on any atom is 0.221 e. The highest BCUT2D eigenvalue weighted by atomic mass is 35.5. The Morgan fingerprint density at radius 2 is 2.24 bits per heavy atom. The van der Waals surface area contributed by atoms with Gasteiger partial charge >= 0.3 is 0 Å². The standard InChI is InChI=1S/C12H18ClN3O/c1-15-12(17)5-6-16(2)10-4-3-9(8-14)11(13)7-10/h3-4,7H,5-6,8,14H2,1-2H3,(H,15,17). The molecule has 4 nitrogen and oxygen atoms in total. The van der Waals surface area contributed by atoms with Crippen molar-refractivity contribution in [3.63, 3.8) is 0 Å². The maximum absolute atomic E-state index is 11.1. The van der Waals surface area contributed by atoms with E-state index in [1.54, 1.807) is 7.05 Å². The van der Waals surface area contributed by atoms with Gasteiger partial charge in [-0.2, -0.15) is 0 Å². The number of anilines is 1. The number of halogens is 1. The van der Waals surface area contributed by atoms with Crippen LogP contribution in [0.1, 0.15) is 12.0 Å². The van der Waals surface area contributed by atoms with Crippen LogP contribution in [-0.2, 0) is 11.3 Å². The Bertz CT molecular complexity index is 395. The molecule has 1 amide bonds. The van der Waals surface area contributed by atoms with Crippen LogP contribution >= 0.6 is 11.6 Å². The van der Waals surface area contributed by atoms with Crippen LogP contribution in [0.5, 0.6) is 0 Å². The van der Waals surface area contributed by atoms with Gasteiger partial charge in [0.15, 0.2) is 0 Å². The van der Waals surface area contributed by atoms with Gasteiger partial charge in [-0.05, 0) is 17.7 Å². The Morgan fingerprint density at radius 3 is 2.76 bits per heavy atom. The largest absolute Gasteiger partial charge is 0.374 e. The van der Waals surface area contributed by atoms with Gasteiger partial charge in [-0.3, -0.25) is 4.79 Å². The first kappa shape index (κ1) is 13.8. The molecular weight excluding hydrogens is 238 g/mol. The summed E-state index contributed by atoms with van der Waals surface area (Å²) in [5.41, 5.74) is 7.45. The minimum absolute atomic E-state index is 0.0292. The Morgan fingerprint density at radius 1 is 1.53 bits per heavy atom. The smallest absolute Gasteiger partial charge is 0.221 e. The third-order valence-corrected chi connectivity index (χ3v) is 3.00. The second-order valence-corrected chi connectivity index (χ2v) is 4.23. The predicted octanol–water partition coefficient (Wildman–Crippen LogP) is 1.37. The van der Waals surface area contributed by atoms with Crippen molar-refractivity contribution in [2.75, 3.05) is 25.5 Å². The van der Waals surface area contributed by atoms with Gasteiger partial charge in [-0.25, -0.2) is 0 Å². The van der Waals surface area contributed by atoms with E-state index in [1.807, 2.05) is 30.1 Å². The second-order valence-electron chi connectivity index (χ2n) is 3.82. The monoisotopic (exact) mass is 255 g/mol. The molecule has 0 atom stereocenters. The summed E-state index contributed by atoms with van der Waals surface area (Å²) < 4.78 is 0. The van der Waals surface area contributed by atoms with Gasteiger partial charge in [-0.1, -0.05) is 17.7 Å². The van der Waals surface area contributed by atoms with Crippen molar-refractivity contribution in [1.29, 1.82) is 0 Å². The highest BCUT2D eigenvalue weighted by Crippen LogP contribution is 2.22. The topological polar surface area (TPSA) is 58.4 Å². The molecule has 0 aliphatic heterocycles. The lowest BCUT2D eigenvalue weighted by atomic mass is 10.2. The minimum Gasteiger partial charge on any atom is -0.374 e. The van der Waals surface area contributed by atoms with Crippen molar-refractivity contribution < 1.29 is 4.79 Å². The highest BCUT2D eigenvalue weighted by molar-refractivity contribution is 6.31. The molecule has 0 aliphatic rings. The summed E-state index contributed by atoms with van der Waals surface area (Å²) >= 11 is 6.08. The van der Waals surface area contributed by atoms with Crippen molar-refractivity contribution in [3.05, 3.63) is 28.8 Å². The van der Waals surface area contributed by atoms with E-state index >= 15 is 0 Å². The molecule has 1 aromatic carbocycles. The Kier molecular flexibility index (Phi) is 5.25. The summed E-state index contributed by atoms with van der Waals surface area (Å²) in [7, 11) is 3.56. The summed E-state index contributed by atoms with van der Waals surface area (Å²) in [5.74, 6) is 0.0292. The first-order valence-electron chi connectivity index (χ1n) is 5.48. The van der Waals surface area contributed by atoms with Gasteiger partial charge in [0.2, 0.25) is 5.91 Å². The quantitative estimate of drug-likeness (QED) is 0.836. The van der Waals surface area contributed by atoms with E-state index < -0.39 is 0 Å². The van der Waals surface area contributed by atoms with Crippen LogP contribution < -0.4 is 16.0 Å². The zero-order valence-electron chi connectivity index (χ0n) is 10.2. The van der Waals surface area contributed by atoms with Crippen molar-refractivity contribution >= 4 is 23.2 Å². The van der Waals surface area contributed by atoms with Crippen LogP contribution in [0.3, 0.4) is 0 Å². The van der Waals surface area contributed by atoms with E-state index in [-0.39, 0.29) is 5.91 Å². The average Bonchev–Trinajstić information content (AvgIpc) is 2.35. The van der Waals surface area contributed by atoms with Crippen LogP contribution in [0, 0.1) is 0 Å². The SMILES string of the molecule is CNC(=O)CCN(C)c1ccc(CN)c(Cl)c1. The maximum atomic E-state index is 11.1. The number of nitrogens with one attached hydrogen (secondary N) is 1. The molecule has 17 heavy (non-hydrogen) atoms. The van der Waals surface area contributed by atoms with Crippen LogP contribution in [-0.4, -0.2) is 26.5 Å². The lowest BCUT2D eigenvalue weighted by molar-refractivity contribution is -0.120. The third kappa shape index (κ3) is 3.91. The van der Waals surface area contributed by atoms with Crippen molar-refractivity contribution in [3.8, 4) is 0 Å². The molecule has 0 fully saturated rings. The van der Waals surface area contributed by atoms with Gasteiger partial charge in [0.05, 0.1) is 0 Å². The molecule has 3 N–H and O–H groups in total.